The highest BCUT2D eigenvalue weighted by Crippen LogP contribution is 2.39. The summed E-state index contributed by atoms with van der Waals surface area (Å²) in [6.07, 6.45) is -2.72. The zero-order valence-electron chi connectivity index (χ0n) is 18.6. The zero-order chi connectivity index (χ0) is 25.4. The monoisotopic (exact) mass is 499 g/mol. The van der Waals surface area contributed by atoms with Crippen molar-refractivity contribution in [1.29, 1.82) is 0 Å². The third-order valence-corrected chi connectivity index (χ3v) is 5.60. The quantitative estimate of drug-likeness (QED) is 0.421. The number of nitrogens with one attached hydrogen (secondary N) is 1. The summed E-state index contributed by atoms with van der Waals surface area (Å²) in [5, 5.41) is 11.1. The van der Waals surface area contributed by atoms with Crippen LogP contribution in [0.15, 0.2) is 42.5 Å². The smallest absolute Gasteiger partial charge is 0.480 e. The molecule has 2 aromatic rings. The molecule has 7 nitrogen and oxygen atoms in total. The average Bonchev–Trinajstić information content (AvgIpc) is 2.77. The molecule has 1 aliphatic carbocycles. The summed E-state index contributed by atoms with van der Waals surface area (Å²) in [7, 11) is 0. The molecule has 0 heterocycles. The number of rotatable bonds is 9. The molecule has 190 valence electrons. The number of carboxylic acids is 1. The minimum Gasteiger partial charge on any atom is -0.480 e. The number of carboxylic acid groups (broad SMARTS) is 1. The minimum absolute atomic E-state index is 0.0263. The summed E-state index contributed by atoms with van der Waals surface area (Å²) < 4.78 is 67.1. The second kappa shape index (κ2) is 11.9. The van der Waals surface area contributed by atoms with Crippen molar-refractivity contribution in [3.05, 3.63) is 48.3 Å². The van der Waals surface area contributed by atoms with Crippen LogP contribution < -0.4 is 10.1 Å². The Labute approximate surface area is 199 Å². The van der Waals surface area contributed by atoms with Crippen molar-refractivity contribution in [2.45, 2.75) is 32.0 Å². The minimum atomic E-state index is -4.99. The van der Waals surface area contributed by atoms with E-state index in [4.69, 9.17) is 14.6 Å². The van der Waals surface area contributed by atoms with Crippen LogP contribution in [0.4, 0.5) is 28.0 Å². The van der Waals surface area contributed by atoms with Gasteiger partial charge < -0.3 is 19.3 Å². The van der Waals surface area contributed by atoms with Crippen molar-refractivity contribution < 1.29 is 46.5 Å². The third kappa shape index (κ3) is 8.43. The van der Waals surface area contributed by atoms with Gasteiger partial charge in [0, 0.05) is 5.56 Å². The molecule has 0 radical (unpaired) electrons. The first kappa shape index (κ1) is 26.3. The lowest BCUT2D eigenvalue weighted by Crippen LogP contribution is -2.25. The van der Waals surface area contributed by atoms with E-state index in [0.717, 1.165) is 43.9 Å². The number of ether oxygens (including phenoxy) is 3. The van der Waals surface area contributed by atoms with Gasteiger partial charge in [-0.25, -0.2) is 14.0 Å². The van der Waals surface area contributed by atoms with Crippen LogP contribution in [0.3, 0.4) is 0 Å². The Kier molecular flexibility index (Phi) is 8.91. The van der Waals surface area contributed by atoms with Crippen molar-refractivity contribution in [2.24, 2.45) is 11.8 Å². The van der Waals surface area contributed by atoms with Gasteiger partial charge in [0.05, 0.1) is 18.9 Å². The first-order chi connectivity index (χ1) is 16.6. The maximum atomic E-state index is 13.8. The fourth-order valence-electron chi connectivity index (χ4n) is 4.00. The number of hydrogen-bond acceptors (Lipinski definition) is 5. The van der Waals surface area contributed by atoms with Gasteiger partial charge in [0.2, 0.25) is 0 Å². The van der Waals surface area contributed by atoms with Crippen LogP contribution in [0.5, 0.6) is 5.75 Å². The van der Waals surface area contributed by atoms with Crippen LogP contribution >= 0.6 is 0 Å². The molecule has 2 aromatic carbocycles. The largest absolute Gasteiger partial charge is 0.573 e. The molecule has 3 rings (SSSR count). The predicted octanol–water partition coefficient (Wildman–Crippen LogP) is 5.85. The van der Waals surface area contributed by atoms with Crippen LogP contribution in [0.2, 0.25) is 0 Å². The lowest BCUT2D eigenvalue weighted by Gasteiger charge is -2.27. The van der Waals surface area contributed by atoms with E-state index in [1.165, 1.54) is 24.3 Å². The summed E-state index contributed by atoms with van der Waals surface area (Å²) in [5.74, 6) is -1.94. The molecule has 35 heavy (non-hydrogen) atoms. The van der Waals surface area contributed by atoms with Crippen molar-refractivity contribution in [2.75, 3.05) is 25.1 Å². The first-order valence-electron chi connectivity index (χ1n) is 11.0. The molecule has 1 amide bonds. The molecule has 0 aliphatic heterocycles. The second-order valence-corrected chi connectivity index (χ2v) is 8.26. The lowest BCUT2D eigenvalue weighted by atomic mass is 9.83. The van der Waals surface area contributed by atoms with Gasteiger partial charge in [-0.3, -0.25) is 5.32 Å². The van der Waals surface area contributed by atoms with Crippen LogP contribution in [-0.2, 0) is 14.3 Å². The molecule has 1 aliphatic rings. The Morgan fingerprint density at radius 1 is 1.00 bits per heavy atom. The van der Waals surface area contributed by atoms with E-state index in [1.807, 2.05) is 0 Å². The van der Waals surface area contributed by atoms with Crippen molar-refractivity contribution >= 4 is 17.7 Å². The van der Waals surface area contributed by atoms with E-state index in [-0.39, 0.29) is 41.9 Å². The van der Waals surface area contributed by atoms with Gasteiger partial charge in [-0.1, -0.05) is 18.2 Å². The molecule has 0 spiro atoms. The van der Waals surface area contributed by atoms with Crippen molar-refractivity contribution in [3.63, 3.8) is 0 Å². The summed E-state index contributed by atoms with van der Waals surface area (Å²) in [6.45, 7) is 0.137. The maximum absolute atomic E-state index is 13.8. The fraction of sp³-hybridized carbons (Fsp3) is 0.417. The number of benzene rings is 2. The number of hydrogen-bond donors (Lipinski definition) is 2. The molecule has 11 heteroatoms. The van der Waals surface area contributed by atoms with Crippen LogP contribution in [-0.4, -0.2) is 43.4 Å². The molecule has 0 bridgehead atoms. The highest BCUT2D eigenvalue weighted by atomic mass is 19.4. The van der Waals surface area contributed by atoms with Crippen molar-refractivity contribution in [1.82, 2.24) is 0 Å². The van der Waals surface area contributed by atoms with Crippen LogP contribution in [0, 0.1) is 17.7 Å². The van der Waals surface area contributed by atoms with Gasteiger partial charge in [0.25, 0.3) is 0 Å². The fourth-order valence-corrected chi connectivity index (χ4v) is 4.00. The summed E-state index contributed by atoms with van der Waals surface area (Å²) >= 11 is 0. The molecule has 0 aromatic heterocycles. The summed E-state index contributed by atoms with van der Waals surface area (Å²) in [4.78, 5) is 22.9. The number of halogens is 4. The van der Waals surface area contributed by atoms with Gasteiger partial charge in [-0.15, -0.1) is 13.2 Å². The van der Waals surface area contributed by atoms with E-state index in [1.54, 1.807) is 0 Å². The SMILES string of the molecule is O=C(O)COC[C@H]1CC[C@H](COC(=O)Nc2cccc(OC(F)(F)F)c2-c2cccc(F)c2)CC1. The molecule has 0 unspecified atom stereocenters. The zero-order valence-corrected chi connectivity index (χ0v) is 18.6. The Morgan fingerprint density at radius 3 is 2.29 bits per heavy atom. The Hall–Kier alpha value is -3.34. The highest BCUT2D eigenvalue weighted by molar-refractivity contribution is 5.93. The molecular weight excluding hydrogens is 474 g/mol. The molecule has 0 saturated heterocycles. The number of carbonyl (C=O) groups is 2. The van der Waals surface area contributed by atoms with Gasteiger partial charge >= 0.3 is 18.4 Å². The predicted molar refractivity (Wildman–Crippen MR) is 117 cm³/mol. The van der Waals surface area contributed by atoms with Crippen LogP contribution in [0.1, 0.15) is 25.7 Å². The Bertz CT molecular complexity index is 1020. The van der Waals surface area contributed by atoms with Gasteiger partial charge in [-0.2, -0.15) is 0 Å². The molecule has 0 atom stereocenters. The number of anilines is 1. The third-order valence-electron chi connectivity index (χ3n) is 5.60. The second-order valence-electron chi connectivity index (χ2n) is 8.26. The van der Waals surface area contributed by atoms with Gasteiger partial charge in [-0.05, 0) is 67.3 Å². The van der Waals surface area contributed by atoms with E-state index in [2.05, 4.69) is 10.1 Å². The van der Waals surface area contributed by atoms with E-state index >= 15 is 0 Å². The standard InChI is InChI=1S/C24H25F4NO6/c25-18-4-1-3-17(11-18)22-19(5-2-6-20(22)35-24(26,27)28)29-23(32)34-13-16-9-7-15(8-10-16)12-33-14-21(30)31/h1-6,11,15-16H,7-10,12-14H2,(H,29,32)(H,30,31)/t15-,16-. The normalized spacial score (nSPS) is 18.1. The number of aliphatic carboxylic acids is 1. The molecular formula is C24H25F4NO6. The number of alkyl halides is 3. The topological polar surface area (TPSA) is 94.1 Å². The number of carbonyl (C=O) groups excluding carboxylic acids is 1. The summed E-state index contributed by atoms with van der Waals surface area (Å²) in [6, 6.07) is 8.62. The van der Waals surface area contributed by atoms with E-state index in [0.29, 0.717) is 6.61 Å². The highest BCUT2D eigenvalue weighted by Gasteiger charge is 2.33. The van der Waals surface area contributed by atoms with Gasteiger partial charge in [0.15, 0.2) is 0 Å². The first-order valence-corrected chi connectivity index (χ1v) is 11.0. The molecule has 1 fully saturated rings. The Morgan fingerprint density at radius 2 is 1.66 bits per heavy atom. The maximum Gasteiger partial charge on any atom is 0.573 e. The van der Waals surface area contributed by atoms with E-state index in [9.17, 15) is 27.2 Å². The lowest BCUT2D eigenvalue weighted by molar-refractivity contribution is -0.274. The van der Waals surface area contributed by atoms with Crippen molar-refractivity contribution in [3.8, 4) is 16.9 Å². The average molecular weight is 499 g/mol. The van der Waals surface area contributed by atoms with E-state index < -0.39 is 30.0 Å². The number of amides is 1. The molecule has 2 N–H and O–H groups in total. The van der Waals surface area contributed by atoms with Crippen LogP contribution in [0.25, 0.3) is 11.1 Å². The van der Waals surface area contributed by atoms with Gasteiger partial charge in [0.1, 0.15) is 18.2 Å². The Balaban J connectivity index is 1.61. The summed E-state index contributed by atoms with van der Waals surface area (Å²) in [5.41, 5.74) is -0.0756. The molecule has 1 saturated carbocycles.